The zero-order valence-electron chi connectivity index (χ0n) is 16.2. The fraction of sp³-hybridized carbons (Fsp3) is 0.0800. The van der Waals surface area contributed by atoms with E-state index in [1.165, 1.54) is 11.1 Å². The van der Waals surface area contributed by atoms with Crippen molar-refractivity contribution in [2.24, 2.45) is 0 Å². The Labute approximate surface area is 170 Å². The summed E-state index contributed by atoms with van der Waals surface area (Å²) < 4.78 is 0. The van der Waals surface area contributed by atoms with Crippen LogP contribution in [0.15, 0.2) is 91.5 Å². The molecule has 0 spiro atoms. The number of amides is 1. The Hall–Kier alpha value is -3.79. The van der Waals surface area contributed by atoms with Crippen molar-refractivity contribution < 1.29 is 4.79 Å². The molecule has 4 aromatic rings. The number of hydrogen-bond donors (Lipinski definition) is 1. The van der Waals surface area contributed by atoms with E-state index in [2.05, 4.69) is 45.6 Å². The van der Waals surface area contributed by atoms with Crippen LogP contribution < -0.4 is 5.32 Å². The molecule has 0 aliphatic rings. The molecular weight excluding hydrogens is 358 g/mol. The van der Waals surface area contributed by atoms with Crippen molar-refractivity contribution in [3.05, 3.63) is 114 Å². The highest BCUT2D eigenvalue weighted by atomic mass is 16.1. The molecule has 2 aromatic heterocycles. The fourth-order valence-corrected chi connectivity index (χ4v) is 3.27. The molecule has 4 rings (SSSR count). The molecule has 0 unspecified atom stereocenters. The van der Waals surface area contributed by atoms with Crippen molar-refractivity contribution >= 4 is 11.6 Å². The van der Waals surface area contributed by atoms with E-state index < -0.39 is 0 Å². The minimum Gasteiger partial charge on any atom is -0.322 e. The number of aromatic nitrogens is 2. The second-order valence-electron chi connectivity index (χ2n) is 6.96. The van der Waals surface area contributed by atoms with Gasteiger partial charge < -0.3 is 5.32 Å². The fourth-order valence-electron chi connectivity index (χ4n) is 3.27. The number of aryl methyl sites for hydroxylation is 1. The highest BCUT2D eigenvalue weighted by Gasteiger charge is 2.09. The number of hydrogen-bond acceptors (Lipinski definition) is 3. The normalized spacial score (nSPS) is 10.5. The molecule has 0 aliphatic carbocycles. The largest absolute Gasteiger partial charge is 0.322 e. The summed E-state index contributed by atoms with van der Waals surface area (Å²) >= 11 is 0. The van der Waals surface area contributed by atoms with Crippen LogP contribution in [-0.2, 0) is 6.42 Å². The zero-order chi connectivity index (χ0) is 20.1. The average Bonchev–Trinajstić information content (AvgIpc) is 2.75. The van der Waals surface area contributed by atoms with Gasteiger partial charge in [-0.3, -0.25) is 14.8 Å². The Kier molecular flexibility index (Phi) is 5.43. The molecule has 0 radical (unpaired) electrons. The molecule has 0 fully saturated rings. The smallest absolute Gasteiger partial charge is 0.256 e. The monoisotopic (exact) mass is 379 g/mol. The lowest BCUT2D eigenvalue weighted by Crippen LogP contribution is -2.13. The lowest BCUT2D eigenvalue weighted by atomic mass is 9.99. The van der Waals surface area contributed by atoms with Crippen LogP contribution >= 0.6 is 0 Å². The first kappa shape index (κ1) is 18.6. The average molecular weight is 379 g/mol. The molecular formula is C25H21N3O. The van der Waals surface area contributed by atoms with Crippen LogP contribution in [0.4, 0.5) is 5.69 Å². The number of anilines is 1. The second kappa shape index (κ2) is 8.48. The minimum absolute atomic E-state index is 0.129. The van der Waals surface area contributed by atoms with Crippen LogP contribution in [0, 0.1) is 6.92 Å². The van der Waals surface area contributed by atoms with E-state index in [1.807, 2.05) is 43.5 Å². The second-order valence-corrected chi connectivity index (χ2v) is 6.96. The van der Waals surface area contributed by atoms with Crippen molar-refractivity contribution in [1.82, 2.24) is 9.97 Å². The van der Waals surface area contributed by atoms with Crippen molar-refractivity contribution in [2.45, 2.75) is 13.3 Å². The molecule has 4 nitrogen and oxygen atoms in total. The predicted octanol–water partition coefficient (Wildman–Crippen LogP) is 5.30. The quantitative estimate of drug-likeness (QED) is 0.512. The maximum atomic E-state index is 12.5. The van der Waals surface area contributed by atoms with Crippen molar-refractivity contribution in [2.75, 3.05) is 5.32 Å². The van der Waals surface area contributed by atoms with Crippen LogP contribution in [0.25, 0.3) is 11.1 Å². The summed E-state index contributed by atoms with van der Waals surface area (Å²) in [6.45, 7) is 1.88. The number of benzene rings is 2. The van der Waals surface area contributed by atoms with E-state index in [-0.39, 0.29) is 5.91 Å². The molecule has 2 heterocycles. The van der Waals surface area contributed by atoms with Gasteiger partial charge in [-0.05, 0) is 65.4 Å². The van der Waals surface area contributed by atoms with Gasteiger partial charge in [-0.1, -0.05) is 42.5 Å². The van der Waals surface area contributed by atoms with Gasteiger partial charge in [0.25, 0.3) is 5.91 Å². The highest BCUT2D eigenvalue weighted by molar-refractivity contribution is 6.05. The molecule has 0 aliphatic heterocycles. The van der Waals surface area contributed by atoms with Gasteiger partial charge in [0.1, 0.15) is 0 Å². The summed E-state index contributed by atoms with van der Waals surface area (Å²) in [5, 5.41) is 2.95. The third kappa shape index (κ3) is 4.55. The van der Waals surface area contributed by atoms with Gasteiger partial charge >= 0.3 is 0 Å². The summed E-state index contributed by atoms with van der Waals surface area (Å²) in [5.41, 5.74) is 6.93. The van der Waals surface area contributed by atoms with E-state index in [0.717, 1.165) is 28.8 Å². The van der Waals surface area contributed by atoms with Crippen molar-refractivity contribution in [3.8, 4) is 11.1 Å². The lowest BCUT2D eigenvalue weighted by molar-refractivity contribution is 0.102. The first-order valence-electron chi connectivity index (χ1n) is 9.49. The maximum Gasteiger partial charge on any atom is 0.256 e. The van der Waals surface area contributed by atoms with E-state index in [0.29, 0.717) is 5.56 Å². The number of pyridine rings is 2. The molecule has 4 heteroatoms. The SMILES string of the molecule is Cc1cnccc1C(=O)Nc1ccc(-c2cccc(Cc3cccnc3)c2)cc1. The van der Waals surface area contributed by atoms with Crippen LogP contribution in [0.5, 0.6) is 0 Å². The predicted molar refractivity (Wildman–Crippen MR) is 116 cm³/mol. The third-order valence-electron chi connectivity index (χ3n) is 4.80. The van der Waals surface area contributed by atoms with E-state index in [1.54, 1.807) is 24.7 Å². The van der Waals surface area contributed by atoms with Crippen molar-refractivity contribution in [1.29, 1.82) is 0 Å². The van der Waals surface area contributed by atoms with Gasteiger partial charge in [0.2, 0.25) is 0 Å². The number of rotatable bonds is 5. The van der Waals surface area contributed by atoms with Crippen LogP contribution in [0.2, 0.25) is 0 Å². The Morgan fingerprint density at radius 2 is 1.62 bits per heavy atom. The van der Waals surface area contributed by atoms with Crippen LogP contribution in [0.1, 0.15) is 27.0 Å². The Balaban J connectivity index is 1.49. The summed E-state index contributed by atoms with van der Waals surface area (Å²) in [7, 11) is 0. The third-order valence-corrected chi connectivity index (χ3v) is 4.80. The number of carbonyl (C=O) groups is 1. The molecule has 29 heavy (non-hydrogen) atoms. The molecule has 0 bridgehead atoms. The number of nitrogens with zero attached hydrogens (tertiary/aromatic N) is 2. The first-order chi connectivity index (χ1) is 14.2. The Morgan fingerprint density at radius 3 is 2.38 bits per heavy atom. The number of nitrogens with one attached hydrogen (secondary N) is 1. The minimum atomic E-state index is -0.129. The molecule has 0 atom stereocenters. The molecule has 1 amide bonds. The topological polar surface area (TPSA) is 54.9 Å². The lowest BCUT2D eigenvalue weighted by Gasteiger charge is -2.09. The highest BCUT2D eigenvalue weighted by Crippen LogP contribution is 2.24. The Bertz CT molecular complexity index is 1120. The van der Waals surface area contributed by atoms with E-state index >= 15 is 0 Å². The Morgan fingerprint density at radius 1 is 0.828 bits per heavy atom. The van der Waals surface area contributed by atoms with Gasteiger partial charge in [0, 0.05) is 36.0 Å². The van der Waals surface area contributed by atoms with Gasteiger partial charge in [0.15, 0.2) is 0 Å². The zero-order valence-corrected chi connectivity index (χ0v) is 16.2. The maximum absolute atomic E-state index is 12.5. The van der Waals surface area contributed by atoms with Gasteiger partial charge in [-0.25, -0.2) is 0 Å². The summed E-state index contributed by atoms with van der Waals surface area (Å²) in [4.78, 5) is 20.7. The number of carbonyl (C=O) groups excluding carboxylic acids is 1. The van der Waals surface area contributed by atoms with Crippen LogP contribution in [0.3, 0.4) is 0 Å². The molecule has 2 aromatic carbocycles. The summed E-state index contributed by atoms with van der Waals surface area (Å²) in [6.07, 6.45) is 7.85. The van der Waals surface area contributed by atoms with E-state index in [4.69, 9.17) is 0 Å². The first-order valence-corrected chi connectivity index (χ1v) is 9.49. The van der Waals surface area contributed by atoms with Gasteiger partial charge in [-0.15, -0.1) is 0 Å². The summed E-state index contributed by atoms with van der Waals surface area (Å²) in [6, 6.07) is 22.2. The molecule has 0 saturated carbocycles. The van der Waals surface area contributed by atoms with Crippen molar-refractivity contribution in [3.63, 3.8) is 0 Å². The molecule has 142 valence electrons. The van der Waals surface area contributed by atoms with Gasteiger partial charge in [-0.2, -0.15) is 0 Å². The van der Waals surface area contributed by atoms with E-state index in [9.17, 15) is 4.79 Å². The molecule has 1 N–H and O–H groups in total. The summed E-state index contributed by atoms with van der Waals surface area (Å²) in [5.74, 6) is -0.129. The van der Waals surface area contributed by atoms with Crippen LogP contribution in [-0.4, -0.2) is 15.9 Å². The molecule has 0 saturated heterocycles. The van der Waals surface area contributed by atoms with Gasteiger partial charge in [0.05, 0.1) is 0 Å². The standard InChI is InChI=1S/C25H21N3O/c1-18-16-27-13-11-24(18)25(29)28-23-9-7-21(8-10-23)22-6-2-4-19(15-22)14-20-5-3-12-26-17-20/h2-13,15-17H,14H2,1H3,(H,28,29).